The summed E-state index contributed by atoms with van der Waals surface area (Å²) < 4.78 is 16.7. The van der Waals surface area contributed by atoms with Crippen molar-refractivity contribution in [1.29, 1.82) is 0 Å². The molecule has 3 rings (SSSR count). The third-order valence-corrected chi connectivity index (χ3v) is 6.99. The van der Waals surface area contributed by atoms with E-state index in [1.807, 2.05) is 0 Å². The van der Waals surface area contributed by atoms with Gasteiger partial charge in [-0.1, -0.05) is 12.1 Å². The number of nitrogens with one attached hydrogen (secondary N) is 4. The summed E-state index contributed by atoms with van der Waals surface area (Å²) in [5.74, 6) is -0.334. The first-order chi connectivity index (χ1) is 21.7. The molecule has 4 N–H and O–H groups in total. The van der Waals surface area contributed by atoms with Crippen molar-refractivity contribution in [3.63, 3.8) is 0 Å². The van der Waals surface area contributed by atoms with Gasteiger partial charge in [-0.25, -0.2) is 0 Å². The normalized spacial score (nSPS) is 19.4. The van der Waals surface area contributed by atoms with Gasteiger partial charge in [-0.15, -0.1) is 0 Å². The Morgan fingerprint density at radius 1 is 0.978 bits per heavy atom. The first-order valence-corrected chi connectivity index (χ1v) is 15.0. The smallest absolute Gasteiger partial charge is 0.255 e. The average molecular weight is 626 g/mol. The predicted molar refractivity (Wildman–Crippen MR) is 166 cm³/mol. The second-order valence-electron chi connectivity index (χ2n) is 10.7. The number of hydrogen-bond acceptors (Lipinski definition) is 8. The number of ether oxygens (including phenoxy) is 3. The van der Waals surface area contributed by atoms with Gasteiger partial charge in [0, 0.05) is 26.4 Å². The van der Waals surface area contributed by atoms with Crippen LogP contribution in [0.5, 0.6) is 17.2 Å². The van der Waals surface area contributed by atoms with Crippen LogP contribution < -0.4 is 35.5 Å². The molecular formula is C32H43N5O8. The van der Waals surface area contributed by atoms with Gasteiger partial charge in [0.2, 0.25) is 23.6 Å². The van der Waals surface area contributed by atoms with Crippen molar-refractivity contribution in [3.05, 3.63) is 54.1 Å². The molecule has 1 aliphatic rings. The minimum atomic E-state index is -1.06. The van der Waals surface area contributed by atoms with Crippen molar-refractivity contribution >= 4 is 29.5 Å². The van der Waals surface area contributed by atoms with Crippen LogP contribution in [0.25, 0.3) is 0 Å². The van der Waals surface area contributed by atoms with Gasteiger partial charge in [0.1, 0.15) is 36.5 Å². The zero-order valence-corrected chi connectivity index (χ0v) is 26.1. The summed E-state index contributed by atoms with van der Waals surface area (Å²) in [6.07, 6.45) is 1.37. The van der Waals surface area contributed by atoms with Gasteiger partial charge >= 0.3 is 0 Å². The van der Waals surface area contributed by atoms with E-state index in [0.717, 1.165) is 0 Å². The number of carbonyl (C=O) groups excluding carboxylic acids is 5. The van der Waals surface area contributed by atoms with Gasteiger partial charge in [0.05, 0.1) is 31.8 Å². The summed E-state index contributed by atoms with van der Waals surface area (Å²) >= 11 is 0. The molecule has 5 amide bonds. The first-order valence-electron chi connectivity index (χ1n) is 15.0. The Morgan fingerprint density at radius 2 is 1.71 bits per heavy atom. The van der Waals surface area contributed by atoms with E-state index in [4.69, 9.17) is 14.2 Å². The second-order valence-corrected chi connectivity index (χ2v) is 10.7. The fraction of sp³-hybridized carbons (Fsp3) is 0.469. The highest BCUT2D eigenvalue weighted by molar-refractivity contribution is 5.99. The number of fused-ring (bicyclic) bond motifs is 1. The lowest BCUT2D eigenvalue weighted by Crippen LogP contribution is -2.48. The number of amides is 5. The van der Waals surface area contributed by atoms with Gasteiger partial charge in [0.15, 0.2) is 0 Å². The molecule has 0 aromatic heterocycles. The third-order valence-electron chi connectivity index (χ3n) is 6.99. The Kier molecular flexibility index (Phi) is 14.0. The molecule has 13 nitrogen and oxygen atoms in total. The highest BCUT2D eigenvalue weighted by Crippen LogP contribution is 2.19. The van der Waals surface area contributed by atoms with Crippen LogP contribution in [0.2, 0.25) is 0 Å². The van der Waals surface area contributed by atoms with Gasteiger partial charge in [-0.05, 0) is 62.6 Å². The lowest BCUT2D eigenvalue weighted by molar-refractivity contribution is -0.135. The zero-order chi connectivity index (χ0) is 32.6. The summed E-state index contributed by atoms with van der Waals surface area (Å²) in [6.45, 7) is 2.44. The molecule has 1 aliphatic heterocycles. The minimum Gasteiger partial charge on any atom is -0.497 e. The van der Waals surface area contributed by atoms with E-state index >= 15 is 0 Å². The van der Waals surface area contributed by atoms with Crippen molar-refractivity contribution in [1.82, 2.24) is 26.2 Å². The van der Waals surface area contributed by atoms with Crippen molar-refractivity contribution in [2.24, 2.45) is 0 Å². The molecule has 1 heterocycles. The third kappa shape index (κ3) is 12.0. The molecule has 0 saturated heterocycles. The maximum Gasteiger partial charge on any atom is 0.255 e. The number of para-hydroxylation sites is 1. The number of hydrogen-bond donors (Lipinski definition) is 4. The molecule has 2 aromatic rings. The maximum atomic E-state index is 13.4. The van der Waals surface area contributed by atoms with E-state index in [2.05, 4.69) is 21.3 Å². The largest absolute Gasteiger partial charge is 0.497 e. The van der Waals surface area contributed by atoms with Crippen molar-refractivity contribution < 1.29 is 38.2 Å². The number of rotatable bonds is 6. The average Bonchev–Trinajstić information content (AvgIpc) is 3.03. The molecule has 0 saturated carbocycles. The molecule has 0 bridgehead atoms. The molecule has 0 spiro atoms. The van der Waals surface area contributed by atoms with Gasteiger partial charge in [-0.2, -0.15) is 0 Å². The second kappa shape index (κ2) is 18.1. The van der Waals surface area contributed by atoms with Crippen LogP contribution in [0.15, 0.2) is 48.5 Å². The van der Waals surface area contributed by atoms with Crippen LogP contribution in [-0.2, 0) is 19.2 Å². The van der Waals surface area contributed by atoms with Crippen LogP contribution >= 0.6 is 0 Å². The highest BCUT2D eigenvalue weighted by atomic mass is 16.5. The molecule has 2 aromatic carbocycles. The Labute approximate surface area is 263 Å². The minimum absolute atomic E-state index is 0.00616. The summed E-state index contributed by atoms with van der Waals surface area (Å²) in [7, 11) is 3.07. The Morgan fingerprint density at radius 3 is 2.47 bits per heavy atom. The van der Waals surface area contributed by atoms with Gasteiger partial charge < -0.3 is 40.4 Å². The fourth-order valence-electron chi connectivity index (χ4n) is 4.48. The number of likely N-dealkylation sites (N-methyl/N-ethyl adjacent to an activating group) is 1. The van der Waals surface area contributed by atoms with Crippen molar-refractivity contribution in [2.45, 2.75) is 51.1 Å². The van der Waals surface area contributed by atoms with Crippen molar-refractivity contribution in [2.75, 3.05) is 47.0 Å². The number of carbonyl (C=O) groups is 5. The summed E-state index contributed by atoms with van der Waals surface area (Å²) in [4.78, 5) is 65.4. The summed E-state index contributed by atoms with van der Waals surface area (Å²) in [6, 6.07) is 12.2. The van der Waals surface area contributed by atoms with Crippen LogP contribution in [0.4, 0.5) is 0 Å². The molecule has 0 radical (unpaired) electrons. The highest BCUT2D eigenvalue weighted by Gasteiger charge is 2.25. The van der Waals surface area contributed by atoms with Crippen LogP contribution in [0.3, 0.4) is 0 Å². The molecular weight excluding hydrogens is 582 g/mol. The lowest BCUT2D eigenvalue weighted by Gasteiger charge is -2.22. The van der Waals surface area contributed by atoms with E-state index < -0.39 is 17.9 Å². The number of methoxy groups -OCH3 is 1. The number of nitrogens with zero attached hydrogens (tertiary/aromatic N) is 1. The monoisotopic (exact) mass is 625 g/mol. The standard InChI is InChI=1S/C32H43N5O8/c1-22-21-45-27-9-5-4-8-25(27)31(41)36-26(32(42)34-18-19-44-24-13-11-23(43-3)12-14-24)15-16-30(40)37(2)20-29(39)33-17-7-6-10-28(38)35-22/h4-5,8-9,11-14,22,26H,6-7,10,15-21H2,1-3H3,(H,33,39)(H,34,42)(H,35,38)(H,36,41)/t22-,26-/m0/s1. The molecule has 0 unspecified atom stereocenters. The van der Waals surface area contributed by atoms with Crippen molar-refractivity contribution in [3.8, 4) is 17.2 Å². The Bertz CT molecular complexity index is 1300. The van der Waals surface area contributed by atoms with E-state index in [1.165, 1.54) is 11.9 Å². The van der Waals surface area contributed by atoms with Crippen LogP contribution in [-0.4, -0.2) is 93.5 Å². The molecule has 2 atom stereocenters. The maximum absolute atomic E-state index is 13.4. The molecule has 0 fully saturated rings. The van der Waals surface area contributed by atoms with Gasteiger partial charge in [0.25, 0.3) is 5.91 Å². The quantitative estimate of drug-likeness (QED) is 0.350. The van der Waals surface area contributed by atoms with Gasteiger partial charge in [-0.3, -0.25) is 24.0 Å². The Balaban J connectivity index is 1.71. The topological polar surface area (TPSA) is 164 Å². The molecule has 45 heavy (non-hydrogen) atoms. The number of benzene rings is 2. The summed E-state index contributed by atoms with van der Waals surface area (Å²) in [5.41, 5.74) is 0.197. The molecule has 244 valence electrons. The molecule has 13 heteroatoms. The van der Waals surface area contributed by atoms with E-state index in [9.17, 15) is 24.0 Å². The van der Waals surface area contributed by atoms with Crippen LogP contribution in [0, 0.1) is 0 Å². The zero-order valence-electron chi connectivity index (χ0n) is 26.1. The van der Waals surface area contributed by atoms with E-state index in [1.54, 1.807) is 62.6 Å². The summed E-state index contributed by atoms with van der Waals surface area (Å²) in [5, 5.41) is 11.1. The van der Waals surface area contributed by atoms with E-state index in [0.29, 0.717) is 30.9 Å². The van der Waals surface area contributed by atoms with E-state index in [-0.39, 0.29) is 80.6 Å². The van der Waals surface area contributed by atoms with Crippen LogP contribution in [0.1, 0.15) is 49.4 Å². The lowest BCUT2D eigenvalue weighted by atomic mass is 10.1. The molecule has 0 aliphatic carbocycles. The Hall–Kier alpha value is -4.81. The predicted octanol–water partition coefficient (Wildman–Crippen LogP) is 1.41. The SMILES string of the molecule is COc1ccc(OCCNC(=O)[C@@H]2CCC(=O)N(C)CC(=O)NCCCCC(=O)N[C@@H](C)COc3ccccc3C(=O)N2)cc1. The fourth-order valence-corrected chi connectivity index (χ4v) is 4.48. The first kappa shape index (κ1) is 34.7.